The zero-order valence-corrected chi connectivity index (χ0v) is 24.8. The van der Waals surface area contributed by atoms with E-state index in [0.29, 0.717) is 61.2 Å². The fourth-order valence-electron chi connectivity index (χ4n) is 4.94. The van der Waals surface area contributed by atoms with E-state index in [-0.39, 0.29) is 12.6 Å². The number of ether oxygens (including phenoxy) is 7. The molecule has 10 heteroatoms. The summed E-state index contributed by atoms with van der Waals surface area (Å²) in [6.45, 7) is 3.94. The average molecular weight is 572 g/mol. The van der Waals surface area contributed by atoms with Crippen LogP contribution >= 0.6 is 0 Å². The van der Waals surface area contributed by atoms with Gasteiger partial charge in [0, 0.05) is 31.3 Å². The SMILES string of the molecule is CCCOC(=O)/C=C/C(=O)OCCCN1CCc2cc(OC)c(OC)cc2[C@H]1Cc1cc(OC)c(OC)c(OC)c1. The third kappa shape index (κ3) is 8.29. The van der Waals surface area contributed by atoms with Crippen molar-refractivity contribution < 1.29 is 42.7 Å². The predicted molar refractivity (Wildman–Crippen MR) is 153 cm³/mol. The number of carbonyl (C=O) groups is 2. The zero-order valence-electron chi connectivity index (χ0n) is 24.8. The number of methoxy groups -OCH3 is 5. The molecule has 0 bridgehead atoms. The van der Waals surface area contributed by atoms with Crippen molar-refractivity contribution in [2.45, 2.75) is 38.6 Å². The van der Waals surface area contributed by atoms with Crippen molar-refractivity contribution in [3.63, 3.8) is 0 Å². The Kier molecular flexibility index (Phi) is 12.1. The minimum Gasteiger partial charge on any atom is -0.493 e. The van der Waals surface area contributed by atoms with Gasteiger partial charge < -0.3 is 33.2 Å². The van der Waals surface area contributed by atoms with Gasteiger partial charge in [-0.1, -0.05) is 6.92 Å². The van der Waals surface area contributed by atoms with Crippen molar-refractivity contribution in [2.75, 3.05) is 61.9 Å². The molecule has 1 aliphatic heterocycles. The first kappa shape index (κ1) is 31.6. The molecule has 0 saturated carbocycles. The Morgan fingerprint density at radius 2 is 1.39 bits per heavy atom. The molecule has 2 aromatic rings. The van der Waals surface area contributed by atoms with Crippen molar-refractivity contribution in [3.8, 4) is 28.7 Å². The number of carbonyl (C=O) groups excluding carboxylic acids is 2. The van der Waals surface area contributed by atoms with E-state index in [1.807, 2.05) is 31.2 Å². The van der Waals surface area contributed by atoms with Crippen molar-refractivity contribution in [3.05, 3.63) is 53.1 Å². The lowest BCUT2D eigenvalue weighted by molar-refractivity contribution is -0.140. The smallest absolute Gasteiger partial charge is 0.331 e. The van der Waals surface area contributed by atoms with E-state index in [0.717, 1.165) is 36.2 Å². The number of rotatable bonds is 15. The molecule has 1 heterocycles. The first-order chi connectivity index (χ1) is 19.9. The van der Waals surface area contributed by atoms with E-state index >= 15 is 0 Å². The van der Waals surface area contributed by atoms with E-state index in [4.69, 9.17) is 33.2 Å². The van der Waals surface area contributed by atoms with E-state index in [1.54, 1.807) is 35.5 Å². The van der Waals surface area contributed by atoms with Gasteiger partial charge in [0.1, 0.15) is 0 Å². The van der Waals surface area contributed by atoms with E-state index in [2.05, 4.69) is 4.90 Å². The maximum absolute atomic E-state index is 12.1. The molecule has 0 spiro atoms. The van der Waals surface area contributed by atoms with Crippen LogP contribution in [0.3, 0.4) is 0 Å². The Hall–Kier alpha value is -3.92. The van der Waals surface area contributed by atoms with Crippen LogP contribution in [0.2, 0.25) is 0 Å². The molecule has 10 nitrogen and oxygen atoms in total. The molecule has 41 heavy (non-hydrogen) atoms. The third-order valence-electron chi connectivity index (χ3n) is 6.91. The van der Waals surface area contributed by atoms with Gasteiger partial charge in [-0.25, -0.2) is 9.59 Å². The summed E-state index contributed by atoms with van der Waals surface area (Å²) in [5.74, 6) is 1.96. The van der Waals surface area contributed by atoms with Crippen molar-refractivity contribution >= 4 is 11.9 Å². The minimum absolute atomic E-state index is 0.00490. The van der Waals surface area contributed by atoms with Crippen LogP contribution in [0.4, 0.5) is 0 Å². The number of benzene rings is 2. The van der Waals surface area contributed by atoms with Gasteiger partial charge in [0.25, 0.3) is 0 Å². The minimum atomic E-state index is -0.576. The maximum Gasteiger partial charge on any atom is 0.331 e. The van der Waals surface area contributed by atoms with Gasteiger partial charge in [-0.2, -0.15) is 0 Å². The quantitative estimate of drug-likeness (QED) is 0.175. The molecule has 0 saturated heterocycles. The highest BCUT2D eigenvalue weighted by Gasteiger charge is 2.30. The van der Waals surface area contributed by atoms with Gasteiger partial charge in [-0.15, -0.1) is 0 Å². The summed E-state index contributed by atoms with van der Waals surface area (Å²) in [5, 5.41) is 0. The zero-order chi connectivity index (χ0) is 29.8. The molecule has 0 unspecified atom stereocenters. The third-order valence-corrected chi connectivity index (χ3v) is 6.91. The number of nitrogens with zero attached hydrogens (tertiary/aromatic N) is 1. The Bertz CT molecular complexity index is 1190. The predicted octanol–water partition coefficient (Wildman–Crippen LogP) is 4.31. The van der Waals surface area contributed by atoms with Crippen LogP contribution in [0.5, 0.6) is 28.7 Å². The molecule has 0 fully saturated rings. The van der Waals surface area contributed by atoms with Crippen LogP contribution in [0.25, 0.3) is 0 Å². The fraction of sp³-hybridized carbons (Fsp3) is 0.484. The summed E-state index contributed by atoms with van der Waals surface area (Å²) in [4.78, 5) is 26.0. The molecule has 3 rings (SSSR count). The fourth-order valence-corrected chi connectivity index (χ4v) is 4.94. The van der Waals surface area contributed by atoms with Crippen LogP contribution in [-0.4, -0.2) is 78.7 Å². The van der Waals surface area contributed by atoms with E-state index < -0.39 is 11.9 Å². The number of fused-ring (bicyclic) bond motifs is 1. The van der Waals surface area contributed by atoms with E-state index in [1.165, 1.54) is 5.56 Å². The second-order valence-corrected chi connectivity index (χ2v) is 9.47. The van der Waals surface area contributed by atoms with Gasteiger partial charge in [-0.3, -0.25) is 4.90 Å². The molecular weight excluding hydrogens is 530 g/mol. The van der Waals surface area contributed by atoms with Gasteiger partial charge in [-0.05, 0) is 66.6 Å². The second-order valence-electron chi connectivity index (χ2n) is 9.47. The highest BCUT2D eigenvalue weighted by molar-refractivity contribution is 5.91. The monoisotopic (exact) mass is 571 g/mol. The van der Waals surface area contributed by atoms with Crippen molar-refractivity contribution in [1.29, 1.82) is 0 Å². The van der Waals surface area contributed by atoms with Crippen molar-refractivity contribution in [1.82, 2.24) is 4.90 Å². The van der Waals surface area contributed by atoms with Crippen LogP contribution < -0.4 is 23.7 Å². The van der Waals surface area contributed by atoms with Gasteiger partial charge in [0.05, 0.1) is 48.8 Å². The Labute approximate surface area is 242 Å². The standard InChI is InChI=1S/C31H41NO9/c1-7-14-40-29(33)9-10-30(34)41-15-8-12-32-13-11-22-19-25(35-2)26(36-3)20-23(22)24(32)16-21-17-27(37-4)31(39-6)28(18-21)38-5/h9-10,17-20,24H,7-8,11-16H2,1-6H3/b10-9+/t24-/m1/s1. The van der Waals surface area contributed by atoms with Gasteiger partial charge in [0.15, 0.2) is 23.0 Å². The number of esters is 2. The lowest BCUT2D eigenvalue weighted by atomic mass is 9.88. The van der Waals surface area contributed by atoms with Crippen LogP contribution in [-0.2, 0) is 31.9 Å². The van der Waals surface area contributed by atoms with E-state index in [9.17, 15) is 9.59 Å². The van der Waals surface area contributed by atoms with Crippen molar-refractivity contribution in [2.24, 2.45) is 0 Å². The first-order valence-electron chi connectivity index (χ1n) is 13.7. The molecule has 224 valence electrons. The van der Waals surface area contributed by atoms with Crippen LogP contribution in [0.1, 0.15) is 42.5 Å². The normalized spacial score (nSPS) is 14.7. The molecule has 0 amide bonds. The summed E-state index contributed by atoms with van der Waals surface area (Å²) in [6.07, 6.45) is 5.03. The molecule has 0 aromatic heterocycles. The molecule has 0 aliphatic carbocycles. The molecular formula is C31H41NO9. The molecule has 1 atom stereocenters. The second kappa shape index (κ2) is 15.8. The van der Waals surface area contributed by atoms with Gasteiger partial charge >= 0.3 is 11.9 Å². The molecule has 0 radical (unpaired) electrons. The Morgan fingerprint density at radius 3 is 1.95 bits per heavy atom. The largest absolute Gasteiger partial charge is 0.493 e. The molecule has 1 aliphatic rings. The summed E-state index contributed by atoms with van der Waals surface area (Å²) in [7, 11) is 8.05. The number of hydrogen-bond donors (Lipinski definition) is 0. The highest BCUT2D eigenvalue weighted by Crippen LogP contribution is 2.42. The molecule has 2 aromatic carbocycles. The Balaban J connectivity index is 1.79. The average Bonchev–Trinajstić information content (AvgIpc) is 3.00. The summed E-state index contributed by atoms with van der Waals surface area (Å²) >= 11 is 0. The lowest BCUT2D eigenvalue weighted by Gasteiger charge is -2.38. The summed E-state index contributed by atoms with van der Waals surface area (Å²) in [6, 6.07) is 8.03. The topological polar surface area (TPSA) is 102 Å². The molecule has 0 N–H and O–H groups in total. The summed E-state index contributed by atoms with van der Waals surface area (Å²) < 4.78 is 38.1. The van der Waals surface area contributed by atoms with Gasteiger partial charge in [0.2, 0.25) is 5.75 Å². The van der Waals surface area contributed by atoms with Crippen LogP contribution in [0, 0.1) is 0 Å². The maximum atomic E-state index is 12.1. The Morgan fingerprint density at radius 1 is 0.805 bits per heavy atom. The summed E-state index contributed by atoms with van der Waals surface area (Å²) in [5.41, 5.74) is 3.36. The highest BCUT2D eigenvalue weighted by atomic mass is 16.5. The lowest BCUT2D eigenvalue weighted by Crippen LogP contribution is -2.37. The number of hydrogen-bond acceptors (Lipinski definition) is 10. The van der Waals surface area contributed by atoms with Crippen LogP contribution in [0.15, 0.2) is 36.4 Å². The first-order valence-corrected chi connectivity index (χ1v) is 13.7.